The van der Waals surface area contributed by atoms with E-state index in [0.717, 1.165) is 5.56 Å². The van der Waals surface area contributed by atoms with E-state index in [-0.39, 0.29) is 58.6 Å². The van der Waals surface area contributed by atoms with Gasteiger partial charge in [0.05, 0.1) is 26.9 Å². The Balaban J connectivity index is 1.82. The maximum atomic E-state index is 13.4. The van der Waals surface area contributed by atoms with Gasteiger partial charge in [0.1, 0.15) is 6.61 Å². The molecule has 1 fully saturated rings. The molecule has 1 aromatic heterocycles. The Labute approximate surface area is 233 Å². The van der Waals surface area contributed by atoms with E-state index < -0.39 is 10.1 Å². The Bertz CT molecular complexity index is 1420. The van der Waals surface area contributed by atoms with Crippen LogP contribution < -0.4 is 18.4 Å². The predicted molar refractivity (Wildman–Crippen MR) is 145 cm³/mol. The summed E-state index contributed by atoms with van der Waals surface area (Å²) in [5, 5.41) is 9.11. The van der Waals surface area contributed by atoms with E-state index in [4.69, 9.17) is 23.1 Å². The fourth-order valence-electron chi connectivity index (χ4n) is 3.93. The molecule has 1 aliphatic rings. The van der Waals surface area contributed by atoms with E-state index in [9.17, 15) is 18.3 Å². The summed E-state index contributed by atoms with van der Waals surface area (Å²) in [7, 11) is -3.00. The Morgan fingerprint density at radius 3 is 2.38 bits per heavy atom. The second-order valence-corrected chi connectivity index (χ2v) is 10.6. The Morgan fingerprint density at radius 1 is 1.05 bits per heavy atom. The van der Waals surface area contributed by atoms with Crippen LogP contribution >= 0.6 is 0 Å². The summed E-state index contributed by atoms with van der Waals surface area (Å²) in [5.74, 6) is -0.0432. The van der Waals surface area contributed by atoms with Crippen molar-refractivity contribution in [2.75, 3.05) is 46.6 Å². The van der Waals surface area contributed by atoms with Gasteiger partial charge in [-0.2, -0.15) is 8.42 Å². The Kier molecular flexibility index (Phi) is 9.46. The molecule has 0 bridgehead atoms. The van der Waals surface area contributed by atoms with Crippen LogP contribution in [-0.2, 0) is 14.9 Å². The normalized spacial score (nSPS) is 13.7. The number of pyridine rings is 1. The number of methoxy groups -OCH3 is 1. The molecule has 1 N–H and O–H groups in total. The molecular weight excluding hydrogens is 540 g/mol. The number of benzene rings is 2. The lowest BCUT2D eigenvalue weighted by atomic mass is 10.1. The van der Waals surface area contributed by atoms with Crippen LogP contribution in [0.1, 0.15) is 35.7 Å². The van der Waals surface area contributed by atoms with Crippen molar-refractivity contribution < 1.29 is 41.4 Å². The lowest BCUT2D eigenvalue weighted by molar-refractivity contribution is 0.0302. The smallest absolute Gasteiger partial charge is 0.357 e. The molecule has 1 amide bonds. The van der Waals surface area contributed by atoms with Crippen LogP contribution in [0.15, 0.2) is 59.8 Å². The van der Waals surface area contributed by atoms with Gasteiger partial charge in [0.15, 0.2) is 28.0 Å². The SMILES string of the molecule is COc1ccccc1Oc1c(OCCO)cc(C(=O)N2CCOCC2)cc1OS(=O)(=O)c1ccc(C(C)C)cn1. The fourth-order valence-corrected chi connectivity index (χ4v) is 4.79. The van der Waals surface area contributed by atoms with Crippen LogP contribution in [0, 0.1) is 0 Å². The molecule has 0 saturated carbocycles. The zero-order chi connectivity index (χ0) is 28.7. The third-order valence-corrected chi connectivity index (χ3v) is 7.23. The second kappa shape index (κ2) is 13.0. The number of nitrogens with zero attached hydrogens (tertiary/aromatic N) is 2. The zero-order valence-corrected chi connectivity index (χ0v) is 23.3. The van der Waals surface area contributed by atoms with E-state index in [0.29, 0.717) is 32.1 Å². The Hall–Kier alpha value is -3.87. The van der Waals surface area contributed by atoms with Crippen molar-refractivity contribution in [3.63, 3.8) is 0 Å². The minimum Gasteiger partial charge on any atom is -0.493 e. The van der Waals surface area contributed by atoms with Crippen molar-refractivity contribution >= 4 is 16.0 Å². The number of morpholine rings is 1. The number of aliphatic hydroxyl groups is 1. The number of rotatable bonds is 11. The first-order chi connectivity index (χ1) is 19.2. The number of hydrogen-bond donors (Lipinski definition) is 1. The highest BCUT2D eigenvalue weighted by Gasteiger charge is 2.28. The maximum absolute atomic E-state index is 13.4. The third-order valence-electron chi connectivity index (χ3n) is 6.08. The third kappa shape index (κ3) is 6.82. The molecule has 2 heterocycles. The molecule has 12 heteroatoms. The molecule has 0 atom stereocenters. The molecule has 4 rings (SSSR count). The lowest BCUT2D eigenvalue weighted by Crippen LogP contribution is -2.40. The molecule has 1 aliphatic heterocycles. The minimum absolute atomic E-state index is 0.00706. The number of aromatic nitrogens is 1. The molecule has 1 saturated heterocycles. The maximum Gasteiger partial charge on any atom is 0.357 e. The van der Waals surface area contributed by atoms with Crippen molar-refractivity contribution in [2.24, 2.45) is 0 Å². The van der Waals surface area contributed by atoms with Crippen molar-refractivity contribution in [3.8, 4) is 28.7 Å². The Morgan fingerprint density at radius 2 is 1.75 bits per heavy atom. The van der Waals surface area contributed by atoms with Gasteiger partial charge in [-0.3, -0.25) is 4.79 Å². The zero-order valence-electron chi connectivity index (χ0n) is 22.5. The molecule has 214 valence electrons. The number of para-hydroxylation sites is 2. The second-order valence-electron chi connectivity index (χ2n) is 9.15. The van der Waals surface area contributed by atoms with Gasteiger partial charge in [-0.25, -0.2) is 4.98 Å². The molecule has 0 spiro atoms. The van der Waals surface area contributed by atoms with Gasteiger partial charge >= 0.3 is 10.1 Å². The quantitative estimate of drug-likeness (QED) is 0.340. The van der Waals surface area contributed by atoms with Crippen LogP contribution in [-0.4, -0.2) is 75.9 Å². The van der Waals surface area contributed by atoms with Crippen LogP contribution in [0.4, 0.5) is 0 Å². The van der Waals surface area contributed by atoms with E-state index >= 15 is 0 Å². The number of amides is 1. The fraction of sp³-hybridized carbons (Fsp3) is 0.357. The number of carbonyl (C=O) groups excluding carboxylic acids is 1. The molecule has 0 unspecified atom stereocenters. The monoisotopic (exact) mass is 572 g/mol. The van der Waals surface area contributed by atoms with Crippen molar-refractivity contribution in [1.29, 1.82) is 0 Å². The van der Waals surface area contributed by atoms with Gasteiger partial charge in [0, 0.05) is 24.8 Å². The summed E-state index contributed by atoms with van der Waals surface area (Å²) < 4.78 is 54.8. The van der Waals surface area contributed by atoms with Crippen molar-refractivity contribution in [1.82, 2.24) is 9.88 Å². The number of aliphatic hydroxyl groups excluding tert-OH is 1. The van der Waals surface area contributed by atoms with Crippen molar-refractivity contribution in [3.05, 3.63) is 65.9 Å². The molecule has 0 radical (unpaired) electrons. The summed E-state index contributed by atoms with van der Waals surface area (Å²) in [6.45, 7) is 4.94. The summed E-state index contributed by atoms with van der Waals surface area (Å²) in [6.07, 6.45) is 1.47. The number of hydrogen-bond acceptors (Lipinski definition) is 10. The standard InChI is InChI=1S/C28H32N2O9S/c1-19(2)20-8-9-26(29-18-20)40(33,34)39-25-17-21(28(32)30-10-13-36-14-11-30)16-24(37-15-12-31)27(25)38-23-7-5-4-6-22(23)35-3/h4-9,16-19,31H,10-15H2,1-3H3. The van der Waals surface area contributed by atoms with E-state index in [2.05, 4.69) is 4.98 Å². The summed E-state index contributed by atoms with van der Waals surface area (Å²) in [4.78, 5) is 19.0. The van der Waals surface area contributed by atoms with E-state index in [1.54, 1.807) is 35.2 Å². The highest BCUT2D eigenvalue weighted by atomic mass is 32.2. The average molecular weight is 573 g/mol. The molecule has 0 aliphatic carbocycles. The summed E-state index contributed by atoms with van der Waals surface area (Å²) >= 11 is 0. The highest BCUT2D eigenvalue weighted by molar-refractivity contribution is 7.87. The summed E-state index contributed by atoms with van der Waals surface area (Å²) in [6, 6.07) is 12.5. The predicted octanol–water partition coefficient (Wildman–Crippen LogP) is 3.62. The average Bonchev–Trinajstić information content (AvgIpc) is 2.97. The lowest BCUT2D eigenvalue weighted by Gasteiger charge is -2.27. The molecule has 11 nitrogen and oxygen atoms in total. The molecule has 40 heavy (non-hydrogen) atoms. The summed E-state index contributed by atoms with van der Waals surface area (Å²) in [5.41, 5.74) is 0.965. The van der Waals surface area contributed by atoms with Gasteiger partial charge in [0.25, 0.3) is 5.91 Å². The first kappa shape index (κ1) is 29.1. The molecule has 3 aromatic rings. The minimum atomic E-state index is -4.46. The molecule has 2 aromatic carbocycles. The molecular formula is C28H32N2O9S. The van der Waals surface area contributed by atoms with Gasteiger partial charge in [-0.05, 0) is 41.8 Å². The van der Waals surface area contributed by atoms with Gasteiger partial charge in [0.2, 0.25) is 5.75 Å². The van der Waals surface area contributed by atoms with Crippen LogP contribution in [0.2, 0.25) is 0 Å². The van der Waals surface area contributed by atoms with Gasteiger partial charge in [-0.1, -0.05) is 32.0 Å². The van der Waals surface area contributed by atoms with Crippen molar-refractivity contribution in [2.45, 2.75) is 24.8 Å². The highest BCUT2D eigenvalue weighted by Crippen LogP contribution is 2.45. The van der Waals surface area contributed by atoms with E-state index in [1.807, 2.05) is 13.8 Å². The number of carbonyl (C=O) groups is 1. The van der Waals surface area contributed by atoms with Crippen LogP contribution in [0.5, 0.6) is 28.7 Å². The topological polar surface area (TPSA) is 134 Å². The first-order valence-corrected chi connectivity index (χ1v) is 14.1. The van der Waals surface area contributed by atoms with Gasteiger partial charge in [-0.15, -0.1) is 0 Å². The van der Waals surface area contributed by atoms with Crippen LogP contribution in [0.25, 0.3) is 0 Å². The largest absolute Gasteiger partial charge is 0.493 e. The number of ether oxygens (including phenoxy) is 4. The van der Waals surface area contributed by atoms with Crippen LogP contribution in [0.3, 0.4) is 0 Å². The van der Waals surface area contributed by atoms with Gasteiger partial charge < -0.3 is 33.1 Å². The first-order valence-electron chi connectivity index (χ1n) is 12.7. The van der Waals surface area contributed by atoms with E-state index in [1.165, 1.54) is 31.5 Å².